The topological polar surface area (TPSA) is 50.4 Å². The van der Waals surface area contributed by atoms with E-state index in [2.05, 4.69) is 42.3 Å². The Kier molecular flexibility index (Phi) is 4.41. The summed E-state index contributed by atoms with van der Waals surface area (Å²) in [6.07, 6.45) is 4.92. The fourth-order valence-corrected chi connectivity index (χ4v) is 3.85. The van der Waals surface area contributed by atoms with Crippen LogP contribution in [0.4, 0.5) is 0 Å². The minimum atomic E-state index is 0.436. The molecule has 2 rings (SSSR count). The zero-order chi connectivity index (χ0) is 11.5. The lowest BCUT2D eigenvalue weighted by Crippen LogP contribution is -2.31. The van der Waals surface area contributed by atoms with Crippen molar-refractivity contribution in [3.05, 3.63) is 19.2 Å². The first-order valence-corrected chi connectivity index (χ1v) is 7.60. The number of hydrogen-bond acceptors (Lipinski definition) is 3. The number of nitrogens with zero attached hydrogens (tertiary/aromatic N) is 1. The second-order valence-electron chi connectivity index (χ2n) is 3.79. The first-order chi connectivity index (χ1) is 7.70. The van der Waals surface area contributed by atoms with Crippen molar-refractivity contribution in [3.8, 4) is 0 Å². The summed E-state index contributed by atoms with van der Waals surface area (Å²) in [7, 11) is 0. The fourth-order valence-electron chi connectivity index (χ4n) is 1.85. The maximum Gasteiger partial charge on any atom is 0.153 e. The number of nitrogens with one attached hydrogen (secondary N) is 1. The molecule has 1 heterocycles. The van der Waals surface area contributed by atoms with E-state index in [1.54, 1.807) is 11.3 Å². The van der Waals surface area contributed by atoms with Gasteiger partial charge in [-0.15, -0.1) is 11.3 Å². The Balaban J connectivity index is 2.20. The van der Waals surface area contributed by atoms with Crippen molar-refractivity contribution >= 4 is 49.0 Å². The molecule has 0 radical (unpaired) electrons. The molecular formula is C10H13Br2N3S. The van der Waals surface area contributed by atoms with Gasteiger partial charge in [0.05, 0.1) is 14.7 Å². The molecule has 0 spiro atoms. The molecule has 1 aliphatic rings. The quantitative estimate of drug-likeness (QED) is 0.364. The third kappa shape index (κ3) is 2.85. The maximum absolute atomic E-state index is 5.54. The minimum Gasteiger partial charge on any atom is -0.308 e. The normalized spacial score (nSPS) is 18.1. The van der Waals surface area contributed by atoms with Crippen LogP contribution in [0.25, 0.3) is 0 Å². The van der Waals surface area contributed by atoms with Crippen LogP contribution < -0.4 is 11.3 Å². The number of thiophene rings is 1. The Bertz CT molecular complexity index is 377. The number of nitrogens with two attached hydrogens (primary N) is 1. The highest BCUT2D eigenvalue weighted by atomic mass is 79.9. The van der Waals surface area contributed by atoms with E-state index in [1.165, 1.54) is 25.7 Å². The second-order valence-corrected chi connectivity index (χ2v) is 7.02. The predicted molar refractivity (Wildman–Crippen MR) is 75.8 cm³/mol. The molecule has 3 nitrogen and oxygen atoms in total. The van der Waals surface area contributed by atoms with Crippen LogP contribution in [0.15, 0.2) is 19.3 Å². The smallest absolute Gasteiger partial charge is 0.153 e. The van der Waals surface area contributed by atoms with E-state index in [1.807, 2.05) is 6.07 Å². The highest BCUT2D eigenvalue weighted by molar-refractivity contribution is 9.13. The van der Waals surface area contributed by atoms with E-state index < -0.39 is 0 Å². The van der Waals surface area contributed by atoms with E-state index in [0.717, 1.165) is 19.0 Å². The van der Waals surface area contributed by atoms with Crippen LogP contribution in [0.1, 0.15) is 30.6 Å². The van der Waals surface area contributed by atoms with Gasteiger partial charge in [-0.25, -0.2) is 5.84 Å². The van der Waals surface area contributed by atoms with Crippen molar-refractivity contribution in [2.24, 2.45) is 10.8 Å². The first-order valence-electron chi connectivity index (χ1n) is 5.20. The maximum atomic E-state index is 5.54. The molecule has 88 valence electrons. The van der Waals surface area contributed by atoms with E-state index in [9.17, 15) is 0 Å². The molecule has 0 aliphatic heterocycles. The number of rotatable bonds is 2. The van der Waals surface area contributed by atoms with Crippen molar-refractivity contribution in [1.29, 1.82) is 0 Å². The molecule has 0 unspecified atom stereocenters. The van der Waals surface area contributed by atoms with Crippen LogP contribution in [-0.4, -0.2) is 11.9 Å². The lowest BCUT2D eigenvalue weighted by Gasteiger charge is -2.07. The number of halogens is 2. The van der Waals surface area contributed by atoms with E-state index in [-0.39, 0.29) is 0 Å². The Morgan fingerprint density at radius 1 is 1.44 bits per heavy atom. The van der Waals surface area contributed by atoms with Crippen molar-refractivity contribution in [2.75, 3.05) is 0 Å². The largest absolute Gasteiger partial charge is 0.308 e. The van der Waals surface area contributed by atoms with E-state index in [4.69, 9.17) is 5.84 Å². The second kappa shape index (κ2) is 5.62. The predicted octanol–water partition coefficient (Wildman–Crippen LogP) is 3.43. The number of hydrazine groups is 1. The average Bonchev–Trinajstić information content (AvgIpc) is 2.86. The van der Waals surface area contributed by atoms with Crippen LogP contribution in [0.3, 0.4) is 0 Å². The highest BCUT2D eigenvalue weighted by Gasteiger charge is 2.16. The Hall–Kier alpha value is 0.0900. The lowest BCUT2D eigenvalue weighted by molar-refractivity contribution is 0.701. The van der Waals surface area contributed by atoms with Gasteiger partial charge in [-0.1, -0.05) is 12.8 Å². The number of amidine groups is 1. The summed E-state index contributed by atoms with van der Waals surface area (Å²) in [6.45, 7) is 0. The molecule has 0 saturated heterocycles. The van der Waals surface area contributed by atoms with Gasteiger partial charge in [0, 0.05) is 4.47 Å². The number of aliphatic imine (C=N–C) groups is 1. The molecule has 1 aliphatic carbocycles. The van der Waals surface area contributed by atoms with Crippen molar-refractivity contribution in [3.63, 3.8) is 0 Å². The average molecular weight is 367 g/mol. The third-order valence-electron chi connectivity index (χ3n) is 2.65. The van der Waals surface area contributed by atoms with Crippen molar-refractivity contribution in [1.82, 2.24) is 5.43 Å². The fraction of sp³-hybridized carbons (Fsp3) is 0.500. The Labute approximate surface area is 116 Å². The summed E-state index contributed by atoms with van der Waals surface area (Å²) >= 11 is 8.57. The highest BCUT2D eigenvalue weighted by Crippen LogP contribution is 2.32. The molecule has 16 heavy (non-hydrogen) atoms. The van der Waals surface area contributed by atoms with Gasteiger partial charge >= 0.3 is 0 Å². The summed E-state index contributed by atoms with van der Waals surface area (Å²) in [6, 6.07) is 2.47. The van der Waals surface area contributed by atoms with Crippen molar-refractivity contribution in [2.45, 2.75) is 31.7 Å². The van der Waals surface area contributed by atoms with E-state index in [0.29, 0.717) is 6.04 Å². The molecule has 1 fully saturated rings. The minimum absolute atomic E-state index is 0.436. The SMILES string of the molecule is NNC(=NC1CCCC1)c1cc(Br)c(Br)s1. The van der Waals surface area contributed by atoms with Crippen LogP contribution >= 0.6 is 43.2 Å². The van der Waals surface area contributed by atoms with Gasteiger partial charge in [0.2, 0.25) is 0 Å². The summed E-state index contributed by atoms with van der Waals surface area (Å²) in [5, 5.41) is 0. The summed E-state index contributed by atoms with van der Waals surface area (Å²) in [5.41, 5.74) is 2.70. The first kappa shape index (κ1) is 12.5. The monoisotopic (exact) mass is 365 g/mol. The molecule has 0 bridgehead atoms. The standard InChI is InChI=1S/C10H13Br2N3S/c11-7-5-8(16-9(7)12)10(15-13)14-6-3-1-2-4-6/h5-6H,1-4,13H2,(H,14,15). The van der Waals surface area contributed by atoms with Gasteiger partial charge in [-0.3, -0.25) is 4.99 Å². The van der Waals surface area contributed by atoms with Crippen LogP contribution in [0.2, 0.25) is 0 Å². The molecule has 0 amide bonds. The third-order valence-corrected chi connectivity index (χ3v) is 5.91. The lowest BCUT2D eigenvalue weighted by atomic mass is 10.2. The zero-order valence-corrected chi connectivity index (χ0v) is 12.7. The molecule has 0 aromatic carbocycles. The molecule has 1 saturated carbocycles. The van der Waals surface area contributed by atoms with Crippen LogP contribution in [0, 0.1) is 0 Å². The molecule has 1 aromatic rings. The molecule has 6 heteroatoms. The van der Waals surface area contributed by atoms with E-state index >= 15 is 0 Å². The zero-order valence-electron chi connectivity index (χ0n) is 8.67. The summed E-state index contributed by atoms with van der Waals surface area (Å²) in [4.78, 5) is 5.73. The van der Waals surface area contributed by atoms with Gasteiger partial charge in [0.1, 0.15) is 0 Å². The van der Waals surface area contributed by atoms with Gasteiger partial charge < -0.3 is 5.43 Å². The molecule has 0 atom stereocenters. The van der Waals surface area contributed by atoms with Crippen molar-refractivity contribution < 1.29 is 0 Å². The van der Waals surface area contributed by atoms with Crippen LogP contribution in [0.5, 0.6) is 0 Å². The summed E-state index contributed by atoms with van der Waals surface area (Å²) in [5.74, 6) is 6.33. The number of hydrogen-bond donors (Lipinski definition) is 2. The van der Waals surface area contributed by atoms with Crippen LogP contribution in [-0.2, 0) is 0 Å². The molecule has 1 aromatic heterocycles. The molecule has 3 N–H and O–H groups in total. The van der Waals surface area contributed by atoms with Gasteiger partial charge in [0.15, 0.2) is 5.84 Å². The Morgan fingerprint density at radius 3 is 2.62 bits per heavy atom. The summed E-state index contributed by atoms with van der Waals surface area (Å²) < 4.78 is 2.11. The Morgan fingerprint density at radius 2 is 2.12 bits per heavy atom. The van der Waals surface area contributed by atoms with Gasteiger partial charge in [-0.05, 0) is 50.8 Å². The van der Waals surface area contributed by atoms with Gasteiger partial charge in [-0.2, -0.15) is 0 Å². The van der Waals surface area contributed by atoms with Gasteiger partial charge in [0.25, 0.3) is 0 Å². The molecular weight excluding hydrogens is 354 g/mol.